The van der Waals surface area contributed by atoms with Crippen LogP contribution in [0.15, 0.2) is 24.4 Å². The van der Waals surface area contributed by atoms with Crippen LogP contribution in [0.4, 0.5) is 0 Å². The van der Waals surface area contributed by atoms with E-state index in [1.54, 1.807) is 11.1 Å². The third kappa shape index (κ3) is 9.49. The molecule has 0 radical (unpaired) electrons. The SMILES string of the molecule is CC(=O)N1CCN(Cc2ccn[nH]2)C/C=C\COC[C@H](O)[C@H](O)[C@@H](OCCC(C)C)C1. The van der Waals surface area contributed by atoms with Gasteiger partial charge >= 0.3 is 0 Å². The molecule has 1 amide bonds. The van der Waals surface area contributed by atoms with Crippen LogP contribution >= 0.6 is 0 Å². The van der Waals surface area contributed by atoms with Crippen molar-refractivity contribution in [3.05, 3.63) is 30.1 Å². The zero-order chi connectivity index (χ0) is 22.6. The summed E-state index contributed by atoms with van der Waals surface area (Å²) in [6, 6.07) is 1.93. The Morgan fingerprint density at radius 2 is 2.16 bits per heavy atom. The van der Waals surface area contributed by atoms with Crippen LogP contribution in [0.5, 0.6) is 0 Å². The van der Waals surface area contributed by atoms with Crippen LogP contribution in [-0.4, -0.2) is 100 Å². The van der Waals surface area contributed by atoms with Gasteiger partial charge in [-0.25, -0.2) is 0 Å². The molecule has 1 aromatic rings. The van der Waals surface area contributed by atoms with Crippen LogP contribution in [0, 0.1) is 5.92 Å². The largest absolute Gasteiger partial charge is 0.388 e. The molecule has 9 nitrogen and oxygen atoms in total. The zero-order valence-electron chi connectivity index (χ0n) is 18.9. The molecule has 0 bridgehead atoms. The van der Waals surface area contributed by atoms with Gasteiger partial charge in [0, 0.05) is 58.1 Å². The lowest BCUT2D eigenvalue weighted by Crippen LogP contribution is -2.50. The Balaban J connectivity index is 2.12. The predicted molar refractivity (Wildman–Crippen MR) is 117 cm³/mol. The van der Waals surface area contributed by atoms with E-state index in [9.17, 15) is 15.0 Å². The molecule has 3 N–H and O–H groups in total. The molecule has 9 heteroatoms. The second-order valence-corrected chi connectivity index (χ2v) is 8.44. The summed E-state index contributed by atoms with van der Waals surface area (Å²) in [6.45, 7) is 9.20. The van der Waals surface area contributed by atoms with Crippen LogP contribution < -0.4 is 0 Å². The summed E-state index contributed by atoms with van der Waals surface area (Å²) in [4.78, 5) is 16.2. The molecule has 176 valence electrons. The van der Waals surface area contributed by atoms with Gasteiger partial charge in [-0.05, 0) is 18.4 Å². The van der Waals surface area contributed by atoms with Crippen molar-refractivity contribution >= 4 is 5.91 Å². The first kappa shape index (κ1) is 25.5. The monoisotopic (exact) mass is 438 g/mol. The highest BCUT2D eigenvalue weighted by molar-refractivity contribution is 5.73. The second kappa shape index (κ2) is 13.6. The minimum absolute atomic E-state index is 0.00647. The summed E-state index contributed by atoms with van der Waals surface area (Å²) < 4.78 is 11.4. The number of amides is 1. The van der Waals surface area contributed by atoms with E-state index >= 15 is 0 Å². The van der Waals surface area contributed by atoms with E-state index in [0.29, 0.717) is 45.3 Å². The second-order valence-electron chi connectivity index (χ2n) is 8.44. The van der Waals surface area contributed by atoms with Gasteiger partial charge in [0.15, 0.2) is 0 Å². The number of nitrogens with zero attached hydrogens (tertiary/aromatic N) is 3. The summed E-state index contributed by atoms with van der Waals surface area (Å²) >= 11 is 0. The van der Waals surface area contributed by atoms with Crippen LogP contribution in [0.2, 0.25) is 0 Å². The van der Waals surface area contributed by atoms with E-state index in [-0.39, 0.29) is 19.1 Å². The van der Waals surface area contributed by atoms with Gasteiger partial charge in [-0.1, -0.05) is 26.0 Å². The molecule has 0 unspecified atom stereocenters. The van der Waals surface area contributed by atoms with E-state index in [0.717, 1.165) is 12.1 Å². The summed E-state index contributed by atoms with van der Waals surface area (Å²) in [6.07, 6.45) is 3.51. The maximum Gasteiger partial charge on any atom is 0.219 e. The first-order chi connectivity index (χ1) is 14.9. The van der Waals surface area contributed by atoms with E-state index in [2.05, 4.69) is 28.9 Å². The highest BCUT2D eigenvalue weighted by atomic mass is 16.5. The summed E-state index contributed by atoms with van der Waals surface area (Å²) in [5.41, 5.74) is 0.994. The van der Waals surface area contributed by atoms with Crippen molar-refractivity contribution in [1.29, 1.82) is 0 Å². The smallest absolute Gasteiger partial charge is 0.219 e. The number of carbonyl (C=O) groups excluding carboxylic acids is 1. The van der Waals surface area contributed by atoms with Crippen molar-refractivity contribution in [1.82, 2.24) is 20.0 Å². The van der Waals surface area contributed by atoms with Gasteiger partial charge in [0.05, 0.1) is 13.2 Å². The average molecular weight is 439 g/mol. The molecule has 0 saturated heterocycles. The van der Waals surface area contributed by atoms with Crippen molar-refractivity contribution in [2.75, 3.05) is 46.0 Å². The molecule has 1 aliphatic heterocycles. The van der Waals surface area contributed by atoms with Crippen molar-refractivity contribution < 1.29 is 24.5 Å². The lowest BCUT2D eigenvalue weighted by atomic mass is 10.1. The normalized spacial score (nSPS) is 26.0. The molecular weight excluding hydrogens is 400 g/mol. The molecule has 0 spiro atoms. The number of H-pyrrole nitrogens is 1. The number of rotatable bonds is 6. The molecule has 0 aromatic carbocycles. The number of aromatic amines is 1. The third-order valence-corrected chi connectivity index (χ3v) is 5.32. The van der Waals surface area contributed by atoms with E-state index < -0.39 is 18.3 Å². The Kier molecular flexibility index (Phi) is 11.2. The molecule has 2 heterocycles. The highest BCUT2D eigenvalue weighted by Crippen LogP contribution is 2.12. The zero-order valence-corrected chi connectivity index (χ0v) is 18.9. The molecule has 0 fully saturated rings. The molecular formula is C22H38N4O5. The quantitative estimate of drug-likeness (QED) is 0.564. The number of ether oxygens (including phenoxy) is 2. The van der Waals surface area contributed by atoms with E-state index in [1.165, 1.54) is 6.92 Å². The molecule has 0 saturated carbocycles. The van der Waals surface area contributed by atoms with Crippen LogP contribution in [0.3, 0.4) is 0 Å². The Hall–Kier alpha value is -1.78. The number of aliphatic hydroxyl groups excluding tert-OH is 2. The van der Waals surface area contributed by atoms with E-state index in [1.807, 2.05) is 18.2 Å². The van der Waals surface area contributed by atoms with Gasteiger partial charge in [0.2, 0.25) is 5.91 Å². The fourth-order valence-corrected chi connectivity index (χ4v) is 3.31. The molecule has 3 atom stereocenters. The van der Waals surface area contributed by atoms with Crippen LogP contribution in [-0.2, 0) is 20.8 Å². The van der Waals surface area contributed by atoms with Gasteiger partial charge in [-0.2, -0.15) is 5.10 Å². The molecule has 0 aliphatic carbocycles. The summed E-state index contributed by atoms with van der Waals surface area (Å²) in [5, 5.41) is 28.1. The van der Waals surface area contributed by atoms with Gasteiger partial charge in [-0.3, -0.25) is 14.8 Å². The maximum absolute atomic E-state index is 12.3. The van der Waals surface area contributed by atoms with Gasteiger partial charge < -0.3 is 24.6 Å². The Bertz CT molecular complexity index is 652. The standard InChI is InChI=1S/C22H38N4O5/c1-17(2)7-13-31-21-15-26(18(3)27)11-10-25(14-19-6-8-23-24-19)9-4-5-12-30-16-20(28)22(21)29/h4-6,8,17,20-22,28-29H,7,9-16H2,1-3H3,(H,23,24)/b5-4-/t20-,21-,22-/m0/s1. The number of nitrogens with one attached hydrogen (secondary N) is 1. The lowest BCUT2D eigenvalue weighted by Gasteiger charge is -2.33. The molecule has 2 rings (SSSR count). The minimum Gasteiger partial charge on any atom is -0.388 e. The fraction of sp³-hybridized carbons (Fsp3) is 0.727. The van der Waals surface area contributed by atoms with Gasteiger partial charge in [0.1, 0.15) is 18.3 Å². The van der Waals surface area contributed by atoms with Crippen molar-refractivity contribution in [3.8, 4) is 0 Å². The number of carbonyl (C=O) groups is 1. The van der Waals surface area contributed by atoms with Crippen LogP contribution in [0.25, 0.3) is 0 Å². The maximum atomic E-state index is 12.3. The van der Waals surface area contributed by atoms with Crippen molar-refractivity contribution in [3.63, 3.8) is 0 Å². The minimum atomic E-state index is -1.15. The van der Waals surface area contributed by atoms with Crippen molar-refractivity contribution in [2.24, 2.45) is 5.92 Å². The molecule has 31 heavy (non-hydrogen) atoms. The Morgan fingerprint density at radius 1 is 1.35 bits per heavy atom. The molecule has 1 aliphatic rings. The Labute approximate surface area is 185 Å². The summed E-state index contributed by atoms with van der Waals surface area (Å²) in [7, 11) is 0. The lowest BCUT2D eigenvalue weighted by molar-refractivity contribution is -0.139. The average Bonchev–Trinajstić information content (AvgIpc) is 3.23. The first-order valence-corrected chi connectivity index (χ1v) is 11.0. The number of aromatic nitrogens is 2. The topological polar surface area (TPSA) is 111 Å². The first-order valence-electron chi connectivity index (χ1n) is 11.0. The molecule has 1 aromatic heterocycles. The number of hydrogen-bond acceptors (Lipinski definition) is 7. The van der Waals surface area contributed by atoms with E-state index in [4.69, 9.17) is 9.47 Å². The third-order valence-electron chi connectivity index (χ3n) is 5.32. The van der Waals surface area contributed by atoms with Gasteiger partial charge in [-0.15, -0.1) is 0 Å². The van der Waals surface area contributed by atoms with Crippen LogP contribution in [0.1, 0.15) is 32.9 Å². The summed E-state index contributed by atoms with van der Waals surface area (Å²) in [5.74, 6) is 0.357. The highest BCUT2D eigenvalue weighted by Gasteiger charge is 2.30. The van der Waals surface area contributed by atoms with Crippen molar-refractivity contribution in [2.45, 2.75) is 52.0 Å². The fourth-order valence-electron chi connectivity index (χ4n) is 3.31. The number of aliphatic hydroxyl groups is 2. The van der Waals surface area contributed by atoms with Gasteiger partial charge in [0.25, 0.3) is 0 Å². The number of hydrogen-bond donors (Lipinski definition) is 3. The Morgan fingerprint density at radius 3 is 2.84 bits per heavy atom. The predicted octanol–water partition coefficient (Wildman–Crippen LogP) is 0.800.